The highest BCUT2D eigenvalue weighted by Crippen LogP contribution is 2.18. The first-order valence-electron chi connectivity index (χ1n) is 6.26. The van der Waals surface area contributed by atoms with Gasteiger partial charge in [-0.2, -0.15) is 17.4 Å². The molecule has 102 valence electrons. The molecule has 17 heavy (non-hydrogen) atoms. The Morgan fingerprint density at radius 1 is 1.47 bits per heavy atom. The Kier molecular flexibility index (Phi) is 5.37. The van der Waals surface area contributed by atoms with E-state index in [2.05, 4.69) is 11.6 Å². The van der Waals surface area contributed by atoms with Gasteiger partial charge in [-0.15, -0.1) is 0 Å². The van der Waals surface area contributed by atoms with Crippen molar-refractivity contribution in [2.24, 2.45) is 5.92 Å². The number of aliphatic hydroxyl groups is 1. The zero-order valence-corrected chi connectivity index (χ0v) is 11.7. The molecule has 3 atom stereocenters. The minimum Gasteiger partial charge on any atom is -0.393 e. The minimum atomic E-state index is -3.39. The average Bonchev–Trinajstić information content (AvgIpc) is 2.15. The summed E-state index contributed by atoms with van der Waals surface area (Å²) in [5.41, 5.74) is 0. The lowest BCUT2D eigenvalue weighted by Crippen LogP contribution is -2.48. The molecule has 2 N–H and O–H groups in total. The summed E-state index contributed by atoms with van der Waals surface area (Å²) in [5.74, 6) is 0.424. The smallest absolute Gasteiger partial charge is 0.279 e. The van der Waals surface area contributed by atoms with Gasteiger partial charge in [-0.3, -0.25) is 0 Å². The van der Waals surface area contributed by atoms with Gasteiger partial charge in [0, 0.05) is 19.1 Å². The molecule has 1 fully saturated rings. The maximum Gasteiger partial charge on any atom is 0.279 e. The van der Waals surface area contributed by atoms with Crippen LogP contribution in [-0.4, -0.2) is 43.1 Å². The third-order valence-electron chi connectivity index (χ3n) is 3.00. The maximum absolute atomic E-state index is 12.1. The molecule has 0 aromatic heterocycles. The summed E-state index contributed by atoms with van der Waals surface area (Å²) in [6.07, 6.45) is 1.96. The molecule has 0 aliphatic carbocycles. The molecule has 1 rings (SSSR count). The van der Waals surface area contributed by atoms with Crippen LogP contribution in [0.5, 0.6) is 0 Å². The monoisotopic (exact) mass is 264 g/mol. The van der Waals surface area contributed by atoms with Crippen LogP contribution < -0.4 is 4.72 Å². The number of rotatable bonds is 5. The Morgan fingerprint density at radius 2 is 2.12 bits per heavy atom. The largest absolute Gasteiger partial charge is 0.393 e. The average molecular weight is 264 g/mol. The number of piperidine rings is 1. The summed E-state index contributed by atoms with van der Waals surface area (Å²) in [6, 6.07) is -0.239. The van der Waals surface area contributed by atoms with Crippen LogP contribution in [0.3, 0.4) is 0 Å². The van der Waals surface area contributed by atoms with E-state index in [1.54, 1.807) is 13.8 Å². The van der Waals surface area contributed by atoms with Crippen molar-refractivity contribution in [3.8, 4) is 0 Å². The van der Waals surface area contributed by atoms with Crippen molar-refractivity contribution < 1.29 is 13.5 Å². The van der Waals surface area contributed by atoms with E-state index >= 15 is 0 Å². The molecule has 0 spiro atoms. The Balaban J connectivity index is 2.55. The highest BCUT2D eigenvalue weighted by atomic mass is 32.2. The zero-order chi connectivity index (χ0) is 13.1. The van der Waals surface area contributed by atoms with Crippen LogP contribution in [0.1, 0.15) is 40.0 Å². The molecule has 0 amide bonds. The molecule has 6 heteroatoms. The van der Waals surface area contributed by atoms with Gasteiger partial charge in [0.05, 0.1) is 6.10 Å². The number of nitrogens with zero attached hydrogens (tertiary/aromatic N) is 1. The van der Waals surface area contributed by atoms with Crippen LogP contribution in [0.4, 0.5) is 0 Å². The Bertz CT molecular complexity index is 330. The number of hydrogen-bond donors (Lipinski definition) is 2. The predicted molar refractivity (Wildman–Crippen MR) is 67.8 cm³/mol. The second kappa shape index (κ2) is 6.13. The van der Waals surface area contributed by atoms with Gasteiger partial charge in [0.2, 0.25) is 0 Å². The summed E-state index contributed by atoms with van der Waals surface area (Å²) < 4.78 is 28.2. The molecule has 0 saturated carbocycles. The third-order valence-corrected chi connectivity index (χ3v) is 4.72. The van der Waals surface area contributed by atoms with E-state index in [0.717, 1.165) is 12.8 Å². The van der Waals surface area contributed by atoms with Crippen LogP contribution in [0.2, 0.25) is 0 Å². The van der Waals surface area contributed by atoms with E-state index in [4.69, 9.17) is 0 Å². The van der Waals surface area contributed by atoms with E-state index in [1.165, 1.54) is 4.31 Å². The van der Waals surface area contributed by atoms with Crippen LogP contribution in [-0.2, 0) is 10.2 Å². The summed E-state index contributed by atoms with van der Waals surface area (Å²) in [4.78, 5) is 0. The molecule has 3 unspecified atom stereocenters. The van der Waals surface area contributed by atoms with Crippen molar-refractivity contribution in [1.82, 2.24) is 9.03 Å². The number of aliphatic hydroxyl groups excluding tert-OH is 1. The first-order chi connectivity index (χ1) is 7.81. The van der Waals surface area contributed by atoms with Crippen molar-refractivity contribution in [1.29, 1.82) is 0 Å². The van der Waals surface area contributed by atoms with Gasteiger partial charge >= 0.3 is 0 Å². The fraction of sp³-hybridized carbons (Fsp3) is 1.00. The van der Waals surface area contributed by atoms with Crippen molar-refractivity contribution in [2.75, 3.05) is 13.1 Å². The lowest BCUT2D eigenvalue weighted by Gasteiger charge is -2.31. The van der Waals surface area contributed by atoms with Crippen molar-refractivity contribution in [3.05, 3.63) is 0 Å². The minimum absolute atomic E-state index is 0.239. The molecule has 0 radical (unpaired) electrons. The van der Waals surface area contributed by atoms with Gasteiger partial charge in [0.1, 0.15) is 0 Å². The molecule has 1 saturated heterocycles. The molecule has 0 aromatic carbocycles. The van der Waals surface area contributed by atoms with Crippen molar-refractivity contribution in [2.45, 2.75) is 52.2 Å². The molecule has 0 bridgehead atoms. The van der Waals surface area contributed by atoms with Gasteiger partial charge in [-0.1, -0.05) is 6.92 Å². The van der Waals surface area contributed by atoms with E-state index in [0.29, 0.717) is 25.4 Å². The fourth-order valence-electron chi connectivity index (χ4n) is 2.25. The van der Waals surface area contributed by atoms with Crippen molar-refractivity contribution >= 4 is 10.2 Å². The Labute approximate surface area is 104 Å². The maximum atomic E-state index is 12.1. The standard InChI is InChI=1S/C11H24N2O3S/c1-9-5-4-6-13(8-9)17(15,16)12-10(2)7-11(3)14/h9-12,14H,4-8H2,1-3H3. The molecular weight excluding hydrogens is 240 g/mol. The van der Waals surface area contributed by atoms with E-state index < -0.39 is 16.3 Å². The summed E-state index contributed by atoms with van der Waals surface area (Å²) >= 11 is 0. The summed E-state index contributed by atoms with van der Waals surface area (Å²) in [5, 5.41) is 9.22. The molecule has 1 aliphatic rings. The quantitative estimate of drug-likeness (QED) is 0.768. The summed E-state index contributed by atoms with van der Waals surface area (Å²) in [7, 11) is -3.39. The molecule has 5 nitrogen and oxygen atoms in total. The molecule has 0 aromatic rings. The normalized spacial score (nSPS) is 26.7. The highest BCUT2D eigenvalue weighted by molar-refractivity contribution is 7.87. The second-order valence-corrected chi connectivity index (χ2v) is 6.92. The first kappa shape index (κ1) is 14.9. The van der Waals surface area contributed by atoms with E-state index in [1.807, 2.05) is 0 Å². The van der Waals surface area contributed by atoms with E-state index in [9.17, 15) is 13.5 Å². The third kappa shape index (κ3) is 4.91. The van der Waals surface area contributed by atoms with Gasteiger partial charge in [-0.25, -0.2) is 0 Å². The Morgan fingerprint density at radius 3 is 2.65 bits per heavy atom. The molecule has 1 aliphatic heterocycles. The van der Waals surface area contributed by atoms with Gasteiger partial charge in [0.25, 0.3) is 10.2 Å². The number of nitrogens with one attached hydrogen (secondary N) is 1. The SMILES string of the molecule is CC(O)CC(C)NS(=O)(=O)N1CCCC(C)C1. The lowest BCUT2D eigenvalue weighted by molar-refractivity contribution is 0.174. The highest BCUT2D eigenvalue weighted by Gasteiger charge is 2.28. The van der Waals surface area contributed by atoms with Crippen molar-refractivity contribution in [3.63, 3.8) is 0 Å². The predicted octanol–water partition coefficient (Wildman–Crippen LogP) is 0.712. The molecular formula is C11H24N2O3S. The lowest BCUT2D eigenvalue weighted by atomic mass is 10.0. The van der Waals surface area contributed by atoms with Crippen LogP contribution in [0.25, 0.3) is 0 Å². The molecule has 1 heterocycles. The van der Waals surface area contributed by atoms with Crippen LogP contribution >= 0.6 is 0 Å². The number of hydrogen-bond acceptors (Lipinski definition) is 3. The van der Waals surface area contributed by atoms with Gasteiger partial charge < -0.3 is 5.11 Å². The topological polar surface area (TPSA) is 69.6 Å². The van der Waals surface area contributed by atoms with E-state index in [-0.39, 0.29) is 6.04 Å². The van der Waals surface area contributed by atoms with Gasteiger partial charge in [0.15, 0.2) is 0 Å². The van der Waals surface area contributed by atoms with Gasteiger partial charge in [-0.05, 0) is 39.0 Å². The van der Waals surface area contributed by atoms with Crippen LogP contribution in [0.15, 0.2) is 0 Å². The summed E-state index contributed by atoms with van der Waals surface area (Å²) in [6.45, 7) is 6.70. The van der Waals surface area contributed by atoms with Crippen LogP contribution in [0, 0.1) is 5.92 Å². The fourth-order valence-corrected chi connectivity index (χ4v) is 3.83. The first-order valence-corrected chi connectivity index (χ1v) is 7.70. The Hall–Kier alpha value is -0.170. The second-order valence-electron chi connectivity index (χ2n) is 5.21. The zero-order valence-electron chi connectivity index (χ0n) is 10.9.